The third kappa shape index (κ3) is 4.62. The molecule has 0 aromatic heterocycles. The molecule has 0 heterocycles. The normalized spacial score (nSPS) is 10.4. The van der Waals surface area contributed by atoms with Crippen molar-refractivity contribution in [1.29, 1.82) is 0 Å². The number of ether oxygens (including phenoxy) is 1. The summed E-state index contributed by atoms with van der Waals surface area (Å²) in [7, 11) is 0. The van der Waals surface area contributed by atoms with Crippen molar-refractivity contribution in [3.05, 3.63) is 87.4 Å². The van der Waals surface area contributed by atoms with E-state index in [9.17, 15) is 14.7 Å². The van der Waals surface area contributed by atoms with Gasteiger partial charge in [0.25, 0.3) is 0 Å². The fourth-order valence-electron chi connectivity index (χ4n) is 2.71. The summed E-state index contributed by atoms with van der Waals surface area (Å²) in [6, 6.07) is 16.4. The van der Waals surface area contributed by atoms with E-state index < -0.39 is 11.9 Å². The number of carboxylic acids is 1. The molecule has 3 aromatic rings. The topological polar surface area (TPSA) is 102 Å². The average Bonchev–Trinajstić information content (AvgIpc) is 2.71. The number of benzene rings is 3. The maximum Gasteiger partial charge on any atom is 0.337 e. The van der Waals surface area contributed by atoms with Gasteiger partial charge in [-0.25, -0.2) is 4.79 Å². The summed E-state index contributed by atoms with van der Waals surface area (Å²) in [4.78, 5) is 23.0. The van der Waals surface area contributed by atoms with Crippen molar-refractivity contribution in [2.75, 3.05) is 5.32 Å². The van der Waals surface area contributed by atoms with Crippen molar-refractivity contribution in [1.82, 2.24) is 0 Å². The third-order valence-electron chi connectivity index (χ3n) is 4.14. The molecule has 0 saturated carbocycles. The quantitative estimate of drug-likeness (QED) is 0.483. The fraction of sp³-hybridized carbons (Fsp3) is 0.0476. The first kappa shape index (κ1) is 20.5. The van der Waals surface area contributed by atoms with Crippen molar-refractivity contribution in [2.24, 2.45) is 5.73 Å². The first-order chi connectivity index (χ1) is 13.9. The Morgan fingerprint density at radius 3 is 2.31 bits per heavy atom. The highest BCUT2D eigenvalue weighted by atomic mass is 35.5. The predicted molar refractivity (Wildman–Crippen MR) is 112 cm³/mol. The first-order valence-corrected chi connectivity index (χ1v) is 9.22. The summed E-state index contributed by atoms with van der Waals surface area (Å²) >= 11 is 12.7. The molecule has 6 nitrogen and oxygen atoms in total. The summed E-state index contributed by atoms with van der Waals surface area (Å²) < 4.78 is 5.77. The molecule has 1 amide bonds. The van der Waals surface area contributed by atoms with Gasteiger partial charge in [0, 0.05) is 11.1 Å². The summed E-state index contributed by atoms with van der Waals surface area (Å²) in [6.07, 6.45) is 0. The lowest BCUT2D eigenvalue weighted by molar-refractivity contribution is 0.0697. The highest BCUT2D eigenvalue weighted by molar-refractivity contribution is 6.40. The van der Waals surface area contributed by atoms with Crippen molar-refractivity contribution >= 4 is 46.5 Å². The second kappa shape index (κ2) is 8.86. The molecule has 29 heavy (non-hydrogen) atoms. The van der Waals surface area contributed by atoms with Gasteiger partial charge in [-0.2, -0.15) is 0 Å². The Labute approximate surface area is 176 Å². The van der Waals surface area contributed by atoms with E-state index in [1.165, 1.54) is 6.07 Å². The predicted octanol–water partition coefficient (Wildman–Crippen LogP) is 5.11. The van der Waals surface area contributed by atoms with E-state index in [1.54, 1.807) is 54.6 Å². The Bertz CT molecular complexity index is 1090. The SMILES string of the molecule is NC(=O)c1ccccc1COc1ccc(Cl)c(Nc2ccccc2C(=O)O)c1Cl. The van der Waals surface area contributed by atoms with Crippen LogP contribution in [0.4, 0.5) is 11.4 Å². The maximum atomic E-state index is 11.6. The van der Waals surface area contributed by atoms with Crippen LogP contribution in [0.2, 0.25) is 10.0 Å². The van der Waals surface area contributed by atoms with E-state index in [-0.39, 0.29) is 17.2 Å². The van der Waals surface area contributed by atoms with Gasteiger partial charge in [-0.3, -0.25) is 4.79 Å². The van der Waals surface area contributed by atoms with E-state index in [1.807, 2.05) is 0 Å². The van der Waals surface area contributed by atoms with E-state index in [4.69, 9.17) is 33.7 Å². The third-order valence-corrected chi connectivity index (χ3v) is 4.83. The van der Waals surface area contributed by atoms with Crippen molar-refractivity contribution < 1.29 is 19.4 Å². The number of amides is 1. The van der Waals surface area contributed by atoms with E-state index in [2.05, 4.69) is 5.32 Å². The number of anilines is 2. The van der Waals surface area contributed by atoms with Gasteiger partial charge < -0.3 is 20.9 Å². The number of hydrogen-bond donors (Lipinski definition) is 3. The molecule has 0 bridgehead atoms. The number of nitrogens with one attached hydrogen (secondary N) is 1. The van der Waals surface area contributed by atoms with Gasteiger partial charge in [0.1, 0.15) is 17.4 Å². The molecular formula is C21H16Cl2N2O4. The average molecular weight is 431 g/mol. The lowest BCUT2D eigenvalue weighted by atomic mass is 10.1. The van der Waals surface area contributed by atoms with Crippen LogP contribution in [0.5, 0.6) is 5.75 Å². The zero-order valence-electron chi connectivity index (χ0n) is 15.0. The van der Waals surface area contributed by atoms with Gasteiger partial charge in [0.15, 0.2) is 0 Å². The smallest absolute Gasteiger partial charge is 0.337 e. The zero-order chi connectivity index (χ0) is 21.0. The Kier molecular flexibility index (Phi) is 6.26. The van der Waals surface area contributed by atoms with Crippen molar-refractivity contribution in [3.8, 4) is 5.75 Å². The molecule has 0 fully saturated rings. The summed E-state index contributed by atoms with van der Waals surface area (Å²) in [6.45, 7) is 0.0611. The van der Waals surface area contributed by atoms with Crippen LogP contribution in [0.25, 0.3) is 0 Å². The minimum absolute atomic E-state index is 0.0611. The minimum Gasteiger partial charge on any atom is -0.487 e. The number of halogens is 2. The van der Waals surface area contributed by atoms with Crippen LogP contribution in [-0.2, 0) is 6.61 Å². The first-order valence-electron chi connectivity index (χ1n) is 8.46. The van der Waals surface area contributed by atoms with E-state index in [0.717, 1.165) is 0 Å². The van der Waals surface area contributed by atoms with Gasteiger partial charge in [-0.05, 0) is 30.3 Å². The number of carboxylic acid groups (broad SMARTS) is 1. The Balaban J connectivity index is 1.89. The van der Waals surface area contributed by atoms with E-state index in [0.29, 0.717) is 33.3 Å². The van der Waals surface area contributed by atoms with Gasteiger partial charge >= 0.3 is 5.97 Å². The number of carbonyl (C=O) groups excluding carboxylic acids is 1. The summed E-state index contributed by atoms with van der Waals surface area (Å²) in [5.41, 5.74) is 7.06. The fourth-order valence-corrected chi connectivity index (χ4v) is 3.23. The molecule has 3 aromatic carbocycles. The Morgan fingerprint density at radius 2 is 1.62 bits per heavy atom. The standard InChI is InChI=1S/C21H16Cl2N2O4/c22-15-9-10-17(29-11-12-5-1-2-6-13(12)20(24)26)18(23)19(15)25-16-8-4-3-7-14(16)21(27)28/h1-10,25H,11H2,(H2,24,26)(H,27,28). The molecule has 0 atom stereocenters. The highest BCUT2D eigenvalue weighted by Crippen LogP contribution is 2.40. The molecule has 148 valence electrons. The number of primary amides is 1. The number of aromatic carboxylic acids is 1. The molecular weight excluding hydrogens is 415 g/mol. The van der Waals surface area contributed by atoms with Crippen molar-refractivity contribution in [3.63, 3.8) is 0 Å². The highest BCUT2D eigenvalue weighted by Gasteiger charge is 2.16. The molecule has 0 aliphatic carbocycles. The molecule has 0 spiro atoms. The monoisotopic (exact) mass is 430 g/mol. The number of nitrogens with two attached hydrogens (primary N) is 1. The minimum atomic E-state index is -1.09. The number of rotatable bonds is 7. The lowest BCUT2D eigenvalue weighted by Crippen LogP contribution is -2.14. The lowest BCUT2D eigenvalue weighted by Gasteiger charge is -2.16. The number of carbonyl (C=O) groups is 2. The van der Waals surface area contributed by atoms with Crippen LogP contribution < -0.4 is 15.8 Å². The van der Waals surface area contributed by atoms with Crippen LogP contribution in [0.15, 0.2) is 60.7 Å². The molecule has 0 saturated heterocycles. The van der Waals surface area contributed by atoms with Gasteiger partial charge in [0.05, 0.1) is 22.0 Å². The molecule has 8 heteroatoms. The molecule has 0 unspecified atom stereocenters. The van der Waals surface area contributed by atoms with Crippen LogP contribution in [0, 0.1) is 0 Å². The van der Waals surface area contributed by atoms with Crippen LogP contribution in [-0.4, -0.2) is 17.0 Å². The van der Waals surface area contributed by atoms with Crippen LogP contribution in [0.1, 0.15) is 26.3 Å². The van der Waals surface area contributed by atoms with Gasteiger partial charge in [0.2, 0.25) is 5.91 Å². The molecule has 3 rings (SSSR count). The second-order valence-electron chi connectivity index (χ2n) is 6.02. The van der Waals surface area contributed by atoms with Crippen LogP contribution in [0.3, 0.4) is 0 Å². The maximum absolute atomic E-state index is 11.6. The number of para-hydroxylation sites is 1. The zero-order valence-corrected chi connectivity index (χ0v) is 16.5. The second-order valence-corrected chi connectivity index (χ2v) is 6.81. The van der Waals surface area contributed by atoms with E-state index >= 15 is 0 Å². The van der Waals surface area contributed by atoms with Gasteiger partial charge in [-0.1, -0.05) is 53.5 Å². The van der Waals surface area contributed by atoms with Gasteiger partial charge in [-0.15, -0.1) is 0 Å². The Morgan fingerprint density at radius 1 is 0.966 bits per heavy atom. The molecule has 0 aliphatic heterocycles. The summed E-state index contributed by atoms with van der Waals surface area (Å²) in [5.74, 6) is -1.33. The van der Waals surface area contributed by atoms with Crippen molar-refractivity contribution in [2.45, 2.75) is 6.61 Å². The molecule has 4 N–H and O–H groups in total. The Hall–Kier alpha value is -3.22. The van der Waals surface area contributed by atoms with Crippen LogP contribution >= 0.6 is 23.2 Å². The largest absolute Gasteiger partial charge is 0.487 e. The summed E-state index contributed by atoms with van der Waals surface area (Å²) in [5, 5.41) is 12.8. The number of hydrogen-bond acceptors (Lipinski definition) is 4. The molecule has 0 radical (unpaired) electrons. The molecule has 0 aliphatic rings.